The summed E-state index contributed by atoms with van der Waals surface area (Å²) in [6, 6.07) is 0. The molecule has 0 spiro atoms. The molecule has 3 heteroatoms. The third kappa shape index (κ3) is 6.77. The molecule has 0 bridgehead atoms. The SMILES string of the molecule is C1CCOCC1.CCC[C@H]1CCO[C@@H](C)S1. The summed E-state index contributed by atoms with van der Waals surface area (Å²) in [6.45, 7) is 7.37. The first kappa shape index (κ1) is 14.3. The highest BCUT2D eigenvalue weighted by Crippen LogP contribution is 2.29. The number of thioether (sulfide) groups is 1. The van der Waals surface area contributed by atoms with Crippen LogP contribution in [0.5, 0.6) is 0 Å². The first-order valence-electron chi connectivity index (χ1n) is 6.67. The minimum absolute atomic E-state index is 0.435. The summed E-state index contributed by atoms with van der Waals surface area (Å²) in [6.07, 6.45) is 7.85. The Kier molecular flexibility index (Phi) is 8.34. The molecule has 2 aliphatic heterocycles. The van der Waals surface area contributed by atoms with Gasteiger partial charge in [-0.2, -0.15) is 0 Å². The van der Waals surface area contributed by atoms with E-state index < -0.39 is 0 Å². The van der Waals surface area contributed by atoms with Gasteiger partial charge in [0.2, 0.25) is 0 Å². The second-order valence-corrected chi connectivity index (χ2v) is 6.05. The number of hydrogen-bond donors (Lipinski definition) is 0. The molecule has 0 aromatic carbocycles. The first-order chi connectivity index (χ1) is 7.83. The number of ether oxygens (including phenoxy) is 2. The molecule has 2 nitrogen and oxygen atoms in total. The Balaban J connectivity index is 0.000000181. The summed E-state index contributed by atoms with van der Waals surface area (Å²) >= 11 is 1.99. The van der Waals surface area contributed by atoms with Crippen molar-refractivity contribution in [1.82, 2.24) is 0 Å². The standard InChI is InChI=1S/C8H16OS.C5H10O/c1-3-4-8-5-6-9-7(2)10-8;1-2-4-6-5-3-1/h7-8H,3-6H2,1-2H3;1-5H2/t7-,8+;/m1./s1. The van der Waals surface area contributed by atoms with Crippen LogP contribution in [-0.2, 0) is 9.47 Å². The van der Waals surface area contributed by atoms with Gasteiger partial charge in [0.25, 0.3) is 0 Å². The van der Waals surface area contributed by atoms with E-state index in [1.807, 2.05) is 11.8 Å². The summed E-state index contributed by atoms with van der Waals surface area (Å²) < 4.78 is 10.5. The molecule has 2 heterocycles. The fourth-order valence-corrected chi connectivity index (χ4v) is 3.29. The van der Waals surface area contributed by atoms with Crippen molar-refractivity contribution < 1.29 is 9.47 Å². The van der Waals surface area contributed by atoms with Crippen molar-refractivity contribution in [2.75, 3.05) is 19.8 Å². The predicted molar refractivity (Wildman–Crippen MR) is 71.0 cm³/mol. The van der Waals surface area contributed by atoms with Gasteiger partial charge in [0.1, 0.15) is 5.44 Å². The third-order valence-electron chi connectivity index (χ3n) is 2.86. The molecule has 0 unspecified atom stereocenters. The van der Waals surface area contributed by atoms with Crippen LogP contribution in [0.25, 0.3) is 0 Å². The Morgan fingerprint density at radius 3 is 2.31 bits per heavy atom. The van der Waals surface area contributed by atoms with E-state index in [-0.39, 0.29) is 0 Å². The minimum atomic E-state index is 0.435. The molecule has 0 aromatic heterocycles. The number of hydrogen-bond acceptors (Lipinski definition) is 3. The van der Waals surface area contributed by atoms with E-state index in [4.69, 9.17) is 9.47 Å². The van der Waals surface area contributed by atoms with Crippen LogP contribution >= 0.6 is 11.8 Å². The summed E-state index contributed by atoms with van der Waals surface area (Å²) in [5.74, 6) is 0. The molecular weight excluding hydrogens is 220 g/mol. The maximum atomic E-state index is 5.42. The van der Waals surface area contributed by atoms with Gasteiger partial charge in [-0.1, -0.05) is 13.3 Å². The van der Waals surface area contributed by atoms with Crippen LogP contribution in [0.1, 0.15) is 52.4 Å². The average molecular weight is 246 g/mol. The van der Waals surface area contributed by atoms with Crippen LogP contribution in [0.4, 0.5) is 0 Å². The lowest BCUT2D eigenvalue weighted by molar-refractivity contribution is 0.0968. The van der Waals surface area contributed by atoms with Crippen molar-refractivity contribution in [3.63, 3.8) is 0 Å². The highest BCUT2D eigenvalue weighted by Gasteiger charge is 2.18. The summed E-state index contributed by atoms with van der Waals surface area (Å²) in [5, 5.41) is 0.869. The van der Waals surface area contributed by atoms with E-state index in [2.05, 4.69) is 13.8 Å². The zero-order chi connectivity index (χ0) is 11.6. The highest BCUT2D eigenvalue weighted by molar-refractivity contribution is 8.00. The molecule has 2 rings (SSSR count). The molecule has 0 amide bonds. The Bertz CT molecular complexity index is 147. The zero-order valence-electron chi connectivity index (χ0n) is 10.7. The van der Waals surface area contributed by atoms with Crippen molar-refractivity contribution in [3.05, 3.63) is 0 Å². The molecule has 0 N–H and O–H groups in total. The average Bonchev–Trinajstić information content (AvgIpc) is 2.33. The van der Waals surface area contributed by atoms with Crippen molar-refractivity contribution in [3.8, 4) is 0 Å². The molecule has 0 aliphatic carbocycles. The molecule has 0 radical (unpaired) electrons. The summed E-state index contributed by atoms with van der Waals surface area (Å²) in [4.78, 5) is 0. The van der Waals surface area contributed by atoms with E-state index in [1.165, 1.54) is 38.5 Å². The molecule has 2 atom stereocenters. The lowest BCUT2D eigenvalue weighted by atomic mass is 10.2. The molecule has 0 aromatic rings. The van der Waals surface area contributed by atoms with Gasteiger partial charge in [-0.05, 0) is 39.0 Å². The van der Waals surface area contributed by atoms with Crippen LogP contribution in [-0.4, -0.2) is 30.5 Å². The second kappa shape index (κ2) is 9.32. The Labute approximate surface area is 104 Å². The van der Waals surface area contributed by atoms with Crippen LogP contribution in [0, 0.1) is 0 Å². The minimum Gasteiger partial charge on any atom is -0.381 e. The molecule has 2 aliphatic rings. The van der Waals surface area contributed by atoms with Gasteiger partial charge < -0.3 is 9.47 Å². The molecule has 0 saturated carbocycles. The Morgan fingerprint density at radius 2 is 1.88 bits per heavy atom. The molecule has 96 valence electrons. The van der Waals surface area contributed by atoms with Crippen LogP contribution in [0.2, 0.25) is 0 Å². The second-order valence-electron chi connectivity index (χ2n) is 4.45. The van der Waals surface area contributed by atoms with E-state index in [9.17, 15) is 0 Å². The van der Waals surface area contributed by atoms with Gasteiger partial charge in [0.05, 0.1) is 0 Å². The van der Waals surface area contributed by atoms with E-state index in [0.29, 0.717) is 5.44 Å². The van der Waals surface area contributed by atoms with Gasteiger partial charge in [-0.15, -0.1) is 11.8 Å². The van der Waals surface area contributed by atoms with Gasteiger partial charge >= 0.3 is 0 Å². The maximum Gasteiger partial charge on any atom is 0.100 e. The lowest BCUT2D eigenvalue weighted by Gasteiger charge is -2.26. The number of rotatable bonds is 2. The van der Waals surface area contributed by atoms with Crippen molar-refractivity contribution in [1.29, 1.82) is 0 Å². The Hall–Kier alpha value is 0.270. The molecule has 16 heavy (non-hydrogen) atoms. The van der Waals surface area contributed by atoms with Gasteiger partial charge in [-0.3, -0.25) is 0 Å². The molecule has 2 fully saturated rings. The fourth-order valence-electron chi connectivity index (χ4n) is 1.97. The van der Waals surface area contributed by atoms with Gasteiger partial charge in [0, 0.05) is 25.1 Å². The normalized spacial score (nSPS) is 30.4. The summed E-state index contributed by atoms with van der Waals surface area (Å²) in [5.41, 5.74) is 0.435. The van der Waals surface area contributed by atoms with Crippen LogP contribution < -0.4 is 0 Å². The van der Waals surface area contributed by atoms with E-state index in [0.717, 1.165) is 25.1 Å². The van der Waals surface area contributed by atoms with E-state index in [1.54, 1.807) is 0 Å². The van der Waals surface area contributed by atoms with Gasteiger partial charge in [-0.25, -0.2) is 0 Å². The Morgan fingerprint density at radius 1 is 1.12 bits per heavy atom. The monoisotopic (exact) mass is 246 g/mol. The smallest absolute Gasteiger partial charge is 0.100 e. The molecule has 2 saturated heterocycles. The van der Waals surface area contributed by atoms with E-state index >= 15 is 0 Å². The quantitative estimate of drug-likeness (QED) is 0.737. The topological polar surface area (TPSA) is 18.5 Å². The van der Waals surface area contributed by atoms with Crippen molar-refractivity contribution >= 4 is 11.8 Å². The maximum absolute atomic E-state index is 5.42. The third-order valence-corrected chi connectivity index (χ3v) is 4.24. The molecular formula is C13H26O2S. The van der Waals surface area contributed by atoms with Crippen molar-refractivity contribution in [2.45, 2.75) is 63.1 Å². The first-order valence-corrected chi connectivity index (χ1v) is 7.62. The lowest BCUT2D eigenvalue weighted by Crippen LogP contribution is -2.20. The fraction of sp³-hybridized carbons (Fsp3) is 1.00. The largest absolute Gasteiger partial charge is 0.381 e. The van der Waals surface area contributed by atoms with Crippen LogP contribution in [0.15, 0.2) is 0 Å². The highest BCUT2D eigenvalue weighted by atomic mass is 32.2. The zero-order valence-corrected chi connectivity index (χ0v) is 11.6. The predicted octanol–water partition coefficient (Wildman–Crippen LogP) is 3.84. The van der Waals surface area contributed by atoms with Gasteiger partial charge in [0.15, 0.2) is 0 Å². The summed E-state index contributed by atoms with van der Waals surface area (Å²) in [7, 11) is 0. The van der Waals surface area contributed by atoms with Crippen LogP contribution in [0.3, 0.4) is 0 Å². The van der Waals surface area contributed by atoms with Crippen molar-refractivity contribution in [2.24, 2.45) is 0 Å².